The first-order chi connectivity index (χ1) is 13.8. The summed E-state index contributed by atoms with van der Waals surface area (Å²) in [6.07, 6.45) is 2.03. The summed E-state index contributed by atoms with van der Waals surface area (Å²) in [5.41, 5.74) is 0.154. The van der Waals surface area contributed by atoms with Gasteiger partial charge in [0.25, 0.3) is 5.91 Å². The molecule has 2 fully saturated rings. The molecule has 1 aromatic rings. The van der Waals surface area contributed by atoms with Crippen LogP contribution in [-0.4, -0.2) is 55.3 Å². The lowest BCUT2D eigenvalue weighted by Crippen LogP contribution is -2.63. The van der Waals surface area contributed by atoms with E-state index in [9.17, 15) is 23.8 Å². The van der Waals surface area contributed by atoms with E-state index in [0.29, 0.717) is 17.5 Å². The van der Waals surface area contributed by atoms with Crippen molar-refractivity contribution in [1.82, 2.24) is 5.32 Å². The summed E-state index contributed by atoms with van der Waals surface area (Å²) in [7, 11) is -2.75. The third kappa shape index (κ3) is 4.92. The first-order valence-corrected chi connectivity index (χ1v) is 11.1. The second kappa shape index (κ2) is 8.48. The van der Waals surface area contributed by atoms with Crippen LogP contribution in [0.2, 0.25) is 0 Å². The number of carbonyl (C=O) groups excluding carboxylic acids is 1. The number of nitrogens with one attached hydrogen (secondary N) is 1. The van der Waals surface area contributed by atoms with E-state index in [-0.39, 0.29) is 24.0 Å². The van der Waals surface area contributed by atoms with Crippen LogP contribution in [-0.2, 0) is 4.79 Å². The van der Waals surface area contributed by atoms with Crippen LogP contribution >= 0.6 is 10.6 Å². The van der Waals surface area contributed by atoms with Gasteiger partial charge in [-0.25, -0.2) is 4.79 Å². The molecule has 0 aromatic heterocycles. The van der Waals surface area contributed by atoms with Crippen molar-refractivity contribution in [2.75, 3.05) is 18.1 Å². The molecule has 7 nitrogen and oxygen atoms in total. The van der Waals surface area contributed by atoms with Crippen LogP contribution in [0.1, 0.15) is 35.2 Å². The van der Waals surface area contributed by atoms with E-state index in [2.05, 4.69) is 29.0 Å². The van der Waals surface area contributed by atoms with Crippen LogP contribution in [0.5, 0.6) is 0 Å². The highest BCUT2D eigenvalue weighted by molar-refractivity contribution is 8.25. The van der Waals surface area contributed by atoms with E-state index in [1.165, 1.54) is 0 Å². The normalized spacial score (nSPS) is 20.5. The molecule has 1 heterocycles. The minimum absolute atomic E-state index is 0.0171. The van der Waals surface area contributed by atoms with Crippen molar-refractivity contribution in [3.05, 3.63) is 35.4 Å². The lowest BCUT2D eigenvalue weighted by Gasteiger charge is -2.58. The van der Waals surface area contributed by atoms with E-state index in [0.717, 1.165) is 12.8 Å². The highest BCUT2D eigenvalue weighted by Gasteiger charge is 2.63. The summed E-state index contributed by atoms with van der Waals surface area (Å²) in [5.74, 6) is 9.21. The number of carbonyl (C=O) groups is 2. The summed E-state index contributed by atoms with van der Waals surface area (Å²) in [4.78, 5) is 24.5. The Kier molecular flexibility index (Phi) is 6.21. The molecule has 1 aliphatic carbocycles. The van der Waals surface area contributed by atoms with Crippen LogP contribution in [0.4, 0.5) is 0 Å². The first-order valence-electron chi connectivity index (χ1n) is 9.24. The Morgan fingerprint density at radius 1 is 1.17 bits per heavy atom. The minimum Gasteiger partial charge on any atom is -0.480 e. The first kappa shape index (κ1) is 21.2. The Labute approximate surface area is 170 Å². The van der Waals surface area contributed by atoms with Gasteiger partial charge in [0.15, 0.2) is 0 Å². The van der Waals surface area contributed by atoms with Gasteiger partial charge in [-0.1, -0.05) is 11.8 Å². The Bertz CT molecular complexity index is 906. The molecule has 1 atom stereocenters. The molecule has 29 heavy (non-hydrogen) atoms. The Hall–Kier alpha value is -2.49. The number of hydrogen-bond acceptors (Lipinski definition) is 5. The summed E-state index contributed by atoms with van der Waals surface area (Å²) in [6.45, 7) is -0.0171. The molecule has 1 aromatic carbocycles. The molecule has 1 saturated carbocycles. The number of hydrogen-bond donors (Lipinski definition) is 5. The number of benzene rings is 1. The van der Waals surface area contributed by atoms with Crippen molar-refractivity contribution >= 4 is 22.5 Å². The molecule has 1 aliphatic heterocycles. The number of aliphatic carboxylic acids is 1. The fraction of sp³-hybridized carbons (Fsp3) is 0.429. The number of rotatable bonds is 6. The van der Waals surface area contributed by atoms with Gasteiger partial charge in [0.2, 0.25) is 0 Å². The molecule has 8 heteroatoms. The average Bonchev–Trinajstić information content (AvgIpc) is 3.49. The zero-order valence-corrected chi connectivity index (χ0v) is 16.5. The fourth-order valence-electron chi connectivity index (χ4n) is 3.75. The third-order valence-electron chi connectivity index (χ3n) is 5.23. The molecule has 2 aliphatic rings. The number of carboxylic acids is 1. The fourth-order valence-corrected chi connectivity index (χ4v) is 6.19. The summed E-state index contributed by atoms with van der Waals surface area (Å²) < 4.78 is 19.7. The van der Waals surface area contributed by atoms with Gasteiger partial charge in [0, 0.05) is 34.5 Å². The maximum atomic E-state index is 12.6. The summed E-state index contributed by atoms with van der Waals surface area (Å²) in [6, 6.07) is 5.22. The van der Waals surface area contributed by atoms with E-state index in [1.807, 2.05) is 0 Å². The van der Waals surface area contributed by atoms with Gasteiger partial charge in [-0.2, -0.15) is 10.6 Å². The van der Waals surface area contributed by atoms with Gasteiger partial charge in [-0.15, -0.1) is 0 Å². The highest BCUT2D eigenvalue weighted by Crippen LogP contribution is 2.67. The van der Waals surface area contributed by atoms with Crippen molar-refractivity contribution in [2.45, 2.75) is 25.3 Å². The molecule has 1 unspecified atom stereocenters. The average molecular weight is 417 g/mol. The van der Waals surface area contributed by atoms with Crippen molar-refractivity contribution in [3.63, 3.8) is 0 Å². The van der Waals surface area contributed by atoms with E-state index < -0.39 is 33.9 Å². The van der Waals surface area contributed by atoms with Crippen LogP contribution in [0.25, 0.3) is 0 Å². The Morgan fingerprint density at radius 2 is 1.83 bits per heavy atom. The van der Waals surface area contributed by atoms with Gasteiger partial charge in [-0.3, -0.25) is 13.9 Å². The topological polar surface area (TPSA) is 127 Å². The number of aliphatic hydroxyl groups is 1. The Balaban J connectivity index is 1.69. The van der Waals surface area contributed by atoms with E-state index in [1.54, 1.807) is 24.3 Å². The van der Waals surface area contributed by atoms with Crippen molar-refractivity contribution in [1.29, 1.82) is 0 Å². The summed E-state index contributed by atoms with van der Waals surface area (Å²) in [5, 5.41) is 20.9. The molecule has 0 radical (unpaired) electrons. The quantitative estimate of drug-likeness (QED) is 0.449. The highest BCUT2D eigenvalue weighted by atomic mass is 32.3. The van der Waals surface area contributed by atoms with Gasteiger partial charge < -0.3 is 15.5 Å². The zero-order valence-electron chi connectivity index (χ0n) is 15.7. The van der Waals surface area contributed by atoms with Gasteiger partial charge >= 0.3 is 5.97 Å². The maximum Gasteiger partial charge on any atom is 0.326 e. The third-order valence-corrected chi connectivity index (χ3v) is 7.23. The second-order valence-corrected chi connectivity index (χ2v) is 9.63. The molecular formula is C21H23NO6S. The van der Waals surface area contributed by atoms with Gasteiger partial charge in [0.1, 0.15) is 6.04 Å². The molecule has 3 rings (SSSR count). The molecule has 0 spiro atoms. The largest absolute Gasteiger partial charge is 0.480 e. The number of carboxylic acid groups (broad SMARTS) is 1. The van der Waals surface area contributed by atoms with Crippen molar-refractivity contribution < 1.29 is 28.9 Å². The lowest BCUT2D eigenvalue weighted by molar-refractivity contribution is -0.143. The molecule has 154 valence electrons. The van der Waals surface area contributed by atoms with Crippen LogP contribution in [0.15, 0.2) is 24.3 Å². The van der Waals surface area contributed by atoms with Crippen LogP contribution < -0.4 is 5.32 Å². The van der Waals surface area contributed by atoms with Crippen molar-refractivity contribution in [3.8, 4) is 23.7 Å². The molecular weight excluding hydrogens is 394 g/mol. The number of aliphatic hydroxyl groups excluding tert-OH is 1. The molecule has 1 amide bonds. The van der Waals surface area contributed by atoms with Gasteiger partial charge in [-0.05, 0) is 54.9 Å². The van der Waals surface area contributed by atoms with Crippen LogP contribution in [0.3, 0.4) is 0 Å². The van der Waals surface area contributed by atoms with E-state index >= 15 is 0 Å². The Morgan fingerprint density at radius 3 is 2.34 bits per heavy atom. The SMILES string of the molecule is O=C(NC(C(=O)O)C1(C2CC2)CS(O)(O)C1)c1ccc(C#CC#CCCO)cc1. The number of amides is 1. The monoisotopic (exact) mass is 417 g/mol. The smallest absolute Gasteiger partial charge is 0.326 e. The molecule has 5 N–H and O–H groups in total. The zero-order chi connectivity index (χ0) is 21.1. The maximum absolute atomic E-state index is 12.6. The second-order valence-electron chi connectivity index (χ2n) is 7.45. The van der Waals surface area contributed by atoms with Crippen LogP contribution in [0, 0.1) is 35.0 Å². The van der Waals surface area contributed by atoms with E-state index in [4.69, 9.17) is 5.11 Å². The molecule has 0 bridgehead atoms. The standard InChI is InChI=1S/C21H23NO6S/c23-12-4-2-1-3-5-15-6-8-16(9-7-15)19(24)22-18(20(25)26)21(17-10-11-17)13-29(27,28)14-21/h6-9,17-18,23,27-28H,4,10-14H2,(H,22,24)(H,25,26). The van der Waals surface area contributed by atoms with Crippen molar-refractivity contribution in [2.24, 2.45) is 11.3 Å². The molecule has 1 saturated heterocycles. The minimum atomic E-state index is -2.75. The lowest BCUT2D eigenvalue weighted by atomic mass is 9.78. The summed E-state index contributed by atoms with van der Waals surface area (Å²) >= 11 is 0. The van der Waals surface area contributed by atoms with Gasteiger partial charge in [0.05, 0.1) is 6.61 Å². The predicted octanol–water partition coefficient (Wildman–Crippen LogP) is 1.77. The predicted molar refractivity (Wildman–Crippen MR) is 109 cm³/mol.